The van der Waals surface area contributed by atoms with Gasteiger partial charge in [-0.05, 0) is 25.7 Å². The van der Waals surface area contributed by atoms with Gasteiger partial charge in [-0.15, -0.1) is 0 Å². The third kappa shape index (κ3) is 13.5. The van der Waals surface area contributed by atoms with Gasteiger partial charge in [0.15, 0.2) is 10.1 Å². The van der Waals surface area contributed by atoms with Crippen LogP contribution in [0.3, 0.4) is 0 Å². The topological polar surface area (TPSA) is 61.6 Å². The number of alkyl halides is 3. The molecule has 0 amide bonds. The molecule has 1 aliphatic heterocycles. The van der Waals surface area contributed by atoms with Crippen molar-refractivity contribution >= 4 is 10.1 Å². The van der Waals surface area contributed by atoms with Gasteiger partial charge in [0, 0.05) is 12.8 Å². The van der Waals surface area contributed by atoms with Crippen LogP contribution in [0.1, 0.15) is 97.3 Å². The van der Waals surface area contributed by atoms with Gasteiger partial charge in [0.2, 0.25) is 0 Å². The molecule has 27 heavy (non-hydrogen) atoms. The number of hydrogen-bond acceptors (Lipinski definition) is 3. The fourth-order valence-electron chi connectivity index (χ4n) is 3.60. The lowest BCUT2D eigenvalue weighted by molar-refractivity contribution is -0.912. The minimum atomic E-state index is -6.09. The summed E-state index contributed by atoms with van der Waals surface area (Å²) in [5.41, 5.74) is -5.65. The molecule has 4 nitrogen and oxygen atoms in total. The normalized spacial score (nSPS) is 20.4. The van der Waals surface area contributed by atoms with E-state index >= 15 is 0 Å². The lowest BCUT2D eigenvalue weighted by Crippen LogP contribution is -3.13. The molecule has 0 aromatic heterocycles. The van der Waals surface area contributed by atoms with Gasteiger partial charge < -0.3 is 9.45 Å². The number of rotatable bonds is 12. The van der Waals surface area contributed by atoms with Gasteiger partial charge in [0.05, 0.1) is 19.1 Å². The highest BCUT2D eigenvalue weighted by Crippen LogP contribution is 2.20. The largest absolute Gasteiger partial charge is 0.741 e. The lowest BCUT2D eigenvalue weighted by atomic mass is 10.1. The first-order valence-corrected chi connectivity index (χ1v) is 11.9. The zero-order valence-electron chi connectivity index (χ0n) is 17.0. The number of unbranched alkanes of at least 4 members (excludes halogenated alkanes) is 8. The summed E-state index contributed by atoms with van der Waals surface area (Å²) < 4.78 is 58.9. The SMILES string of the molecule is CCCCCCCCCC[NH+]1CCCC1CCCC.O=S(=O)([O-])C(F)(F)F. The molecule has 1 rings (SSSR count). The molecule has 0 spiro atoms. The predicted octanol–water partition coefficient (Wildman–Crippen LogP) is 4.42. The Morgan fingerprint density at radius 3 is 1.89 bits per heavy atom. The Kier molecular flexibility index (Phi) is 14.4. The van der Waals surface area contributed by atoms with Gasteiger partial charge >= 0.3 is 5.51 Å². The second-order valence-electron chi connectivity index (χ2n) is 7.51. The van der Waals surface area contributed by atoms with E-state index in [9.17, 15) is 13.2 Å². The zero-order chi connectivity index (χ0) is 20.8. The number of nitrogens with one attached hydrogen (secondary N) is 1. The van der Waals surface area contributed by atoms with Crippen molar-refractivity contribution in [2.45, 2.75) is 109 Å². The van der Waals surface area contributed by atoms with Crippen LogP contribution >= 0.6 is 0 Å². The van der Waals surface area contributed by atoms with Crippen LogP contribution in [0.4, 0.5) is 13.2 Å². The van der Waals surface area contributed by atoms with Crippen LogP contribution in [0.5, 0.6) is 0 Å². The van der Waals surface area contributed by atoms with Crippen LogP contribution in [0.2, 0.25) is 0 Å². The Morgan fingerprint density at radius 1 is 0.926 bits per heavy atom. The molecule has 2 atom stereocenters. The Morgan fingerprint density at radius 2 is 1.41 bits per heavy atom. The molecule has 0 aromatic carbocycles. The van der Waals surface area contributed by atoms with E-state index in [4.69, 9.17) is 13.0 Å². The monoisotopic (exact) mass is 417 g/mol. The maximum atomic E-state index is 10.7. The van der Waals surface area contributed by atoms with Crippen LogP contribution in [0, 0.1) is 0 Å². The van der Waals surface area contributed by atoms with Crippen molar-refractivity contribution in [2.24, 2.45) is 0 Å². The Hall–Kier alpha value is -0.340. The van der Waals surface area contributed by atoms with Crippen molar-refractivity contribution in [1.82, 2.24) is 0 Å². The van der Waals surface area contributed by atoms with E-state index in [0.29, 0.717) is 0 Å². The fraction of sp³-hybridized carbons (Fsp3) is 1.00. The Labute approximate surface area is 163 Å². The second-order valence-corrected chi connectivity index (χ2v) is 8.89. The summed E-state index contributed by atoms with van der Waals surface area (Å²) in [6.45, 7) is 7.55. The van der Waals surface area contributed by atoms with Crippen LogP contribution in [-0.4, -0.2) is 37.6 Å². The molecule has 0 bridgehead atoms. The van der Waals surface area contributed by atoms with Crippen molar-refractivity contribution in [3.05, 3.63) is 0 Å². The summed E-state index contributed by atoms with van der Waals surface area (Å²) in [6, 6.07) is 1.02. The molecule has 1 fully saturated rings. The van der Waals surface area contributed by atoms with E-state index < -0.39 is 15.6 Å². The van der Waals surface area contributed by atoms with Crippen LogP contribution in [-0.2, 0) is 10.1 Å². The van der Waals surface area contributed by atoms with E-state index in [1.54, 1.807) is 0 Å². The maximum Gasteiger partial charge on any atom is 0.485 e. The van der Waals surface area contributed by atoms with Crippen molar-refractivity contribution in [2.75, 3.05) is 13.1 Å². The summed E-state index contributed by atoms with van der Waals surface area (Å²) in [7, 11) is -6.09. The van der Waals surface area contributed by atoms with Crippen molar-refractivity contribution in [1.29, 1.82) is 0 Å². The van der Waals surface area contributed by atoms with Gasteiger partial charge in [0.1, 0.15) is 0 Å². The zero-order valence-corrected chi connectivity index (χ0v) is 17.8. The molecule has 1 aliphatic rings. The first-order valence-electron chi connectivity index (χ1n) is 10.5. The van der Waals surface area contributed by atoms with E-state index in [0.717, 1.165) is 6.04 Å². The van der Waals surface area contributed by atoms with E-state index in [2.05, 4.69) is 13.8 Å². The lowest BCUT2D eigenvalue weighted by Gasteiger charge is -2.21. The van der Waals surface area contributed by atoms with Crippen LogP contribution in [0.15, 0.2) is 0 Å². The molecule has 0 aliphatic carbocycles. The highest BCUT2D eigenvalue weighted by Gasteiger charge is 2.36. The van der Waals surface area contributed by atoms with Crippen molar-refractivity contribution in [3.63, 3.8) is 0 Å². The van der Waals surface area contributed by atoms with E-state index in [1.165, 1.54) is 96.6 Å². The van der Waals surface area contributed by atoms with Crippen LogP contribution in [0.25, 0.3) is 0 Å². The Balaban J connectivity index is 0.000000713. The molecule has 164 valence electrons. The number of hydrogen-bond donors (Lipinski definition) is 1. The summed E-state index contributed by atoms with van der Waals surface area (Å²) in [5.74, 6) is 0. The van der Waals surface area contributed by atoms with E-state index in [1.807, 2.05) is 4.90 Å². The average molecular weight is 418 g/mol. The average Bonchev–Trinajstić information content (AvgIpc) is 3.01. The Bertz CT molecular complexity index is 456. The van der Waals surface area contributed by atoms with Gasteiger partial charge in [-0.1, -0.05) is 58.8 Å². The van der Waals surface area contributed by atoms with Crippen molar-refractivity contribution in [3.8, 4) is 0 Å². The summed E-state index contributed by atoms with van der Waals surface area (Å²) >= 11 is 0. The highest BCUT2D eigenvalue weighted by atomic mass is 32.2. The summed E-state index contributed by atoms with van der Waals surface area (Å²) in [4.78, 5) is 1.94. The summed E-state index contributed by atoms with van der Waals surface area (Å²) in [5, 5.41) is 0. The molecule has 0 aromatic rings. The molecule has 8 heteroatoms. The van der Waals surface area contributed by atoms with Crippen molar-refractivity contribution < 1.29 is 31.0 Å². The number of halogens is 3. The minimum absolute atomic E-state index is 1.02. The maximum absolute atomic E-state index is 10.7. The van der Waals surface area contributed by atoms with E-state index in [-0.39, 0.29) is 0 Å². The summed E-state index contributed by atoms with van der Waals surface area (Å²) in [6.07, 6.45) is 19.0. The molecular formula is C19H38F3NO3S. The first-order chi connectivity index (χ1) is 12.6. The second kappa shape index (κ2) is 14.6. The highest BCUT2D eigenvalue weighted by molar-refractivity contribution is 7.86. The number of likely N-dealkylation sites (tertiary alicyclic amines) is 1. The smallest absolute Gasteiger partial charge is 0.485 e. The van der Waals surface area contributed by atoms with Crippen LogP contribution < -0.4 is 4.90 Å². The van der Waals surface area contributed by atoms with Gasteiger partial charge in [-0.2, -0.15) is 13.2 Å². The molecule has 0 radical (unpaired) electrons. The third-order valence-corrected chi connectivity index (χ3v) is 5.74. The van der Waals surface area contributed by atoms with Gasteiger partial charge in [-0.25, -0.2) is 8.42 Å². The molecule has 2 unspecified atom stereocenters. The molecule has 1 N–H and O–H groups in total. The minimum Gasteiger partial charge on any atom is -0.741 e. The predicted molar refractivity (Wildman–Crippen MR) is 102 cm³/mol. The number of quaternary nitrogens is 1. The van der Waals surface area contributed by atoms with Gasteiger partial charge in [0.25, 0.3) is 0 Å². The molecule has 0 saturated carbocycles. The molecule has 1 saturated heterocycles. The standard InChI is InChI=1S/C18H37N.CHF3O3S/c1-3-5-7-8-9-10-11-12-16-19-17-13-15-18(19)14-6-4-2;2-1(3,4)8(5,6)7/h18H,3-17H2,1-2H3;(H,5,6,7). The van der Waals surface area contributed by atoms with Gasteiger partial charge in [-0.3, -0.25) is 0 Å². The molecule has 1 heterocycles. The fourth-order valence-corrected chi connectivity index (χ4v) is 3.60. The quantitative estimate of drug-likeness (QED) is 0.291. The third-order valence-electron chi connectivity index (χ3n) is 5.17. The molecular weight excluding hydrogens is 379 g/mol. The first kappa shape index (κ1) is 26.7.